The molecule has 174 valence electrons. The van der Waals surface area contributed by atoms with Gasteiger partial charge in [0.25, 0.3) is 0 Å². The normalized spacial score (nSPS) is 21.2. The number of aryl methyl sites for hydroxylation is 2. The van der Waals surface area contributed by atoms with E-state index in [1.54, 1.807) is 5.56 Å². The summed E-state index contributed by atoms with van der Waals surface area (Å²) in [6, 6.07) is 12.3. The van der Waals surface area contributed by atoms with Gasteiger partial charge in [0.15, 0.2) is 0 Å². The predicted octanol–water partition coefficient (Wildman–Crippen LogP) is 3.41. The maximum Gasteiger partial charge on any atom is 0.0435 e. The quantitative estimate of drug-likeness (QED) is 0.771. The van der Waals surface area contributed by atoms with E-state index in [4.69, 9.17) is 0 Å². The van der Waals surface area contributed by atoms with Crippen molar-refractivity contribution < 1.29 is 0 Å². The minimum absolute atomic E-state index is 0.546. The lowest BCUT2D eigenvalue weighted by Gasteiger charge is -2.39. The Kier molecular flexibility index (Phi) is 8.17. The molecule has 3 aliphatic rings. The number of anilines is 1. The summed E-state index contributed by atoms with van der Waals surface area (Å²) >= 11 is 0. The smallest absolute Gasteiger partial charge is 0.0435 e. The highest BCUT2D eigenvalue weighted by atomic mass is 15.2. The summed E-state index contributed by atoms with van der Waals surface area (Å²) in [5, 5.41) is 6.94. The topological polar surface area (TPSA) is 43.4 Å². The van der Waals surface area contributed by atoms with Gasteiger partial charge in [-0.25, -0.2) is 0 Å². The van der Waals surface area contributed by atoms with E-state index in [-0.39, 0.29) is 0 Å². The Morgan fingerprint density at radius 3 is 2.66 bits per heavy atom. The van der Waals surface area contributed by atoms with E-state index >= 15 is 0 Å². The molecule has 3 heterocycles. The van der Waals surface area contributed by atoms with Crippen molar-refractivity contribution in [2.75, 3.05) is 45.7 Å². The Bertz CT molecular complexity index is 834. The maximum atomic E-state index is 4.32. The maximum absolute atomic E-state index is 4.32. The first-order valence-electron chi connectivity index (χ1n) is 12.5. The molecule has 1 aliphatic carbocycles. The molecule has 1 aromatic heterocycles. The van der Waals surface area contributed by atoms with Crippen molar-refractivity contribution >= 4 is 5.69 Å². The molecule has 2 aromatic rings. The average molecular weight is 436 g/mol. The molecule has 1 saturated heterocycles. The number of rotatable bonds is 4. The molecule has 1 aromatic carbocycles. The molecule has 2 aliphatic heterocycles. The Labute approximate surface area is 194 Å². The van der Waals surface area contributed by atoms with Crippen LogP contribution >= 0.6 is 0 Å². The van der Waals surface area contributed by atoms with E-state index in [2.05, 4.69) is 63.8 Å². The molecular weight excluding hydrogens is 394 g/mol. The monoisotopic (exact) mass is 435 g/mol. The van der Waals surface area contributed by atoms with Crippen molar-refractivity contribution in [2.24, 2.45) is 0 Å². The van der Waals surface area contributed by atoms with Crippen LogP contribution in [-0.2, 0) is 25.8 Å². The average Bonchev–Trinajstić information content (AvgIpc) is 2.84. The lowest BCUT2D eigenvalue weighted by atomic mass is 9.92. The molecule has 0 radical (unpaired) electrons. The van der Waals surface area contributed by atoms with Crippen LogP contribution < -0.4 is 15.5 Å². The molecule has 1 unspecified atom stereocenters. The van der Waals surface area contributed by atoms with Gasteiger partial charge >= 0.3 is 0 Å². The number of benzene rings is 1. The van der Waals surface area contributed by atoms with Gasteiger partial charge in [0.2, 0.25) is 0 Å². The fourth-order valence-corrected chi connectivity index (χ4v) is 5.43. The number of nitrogens with one attached hydrogen (secondary N) is 2. The summed E-state index contributed by atoms with van der Waals surface area (Å²) in [6.07, 6.45) is 10.7. The van der Waals surface area contributed by atoms with Gasteiger partial charge in [0, 0.05) is 49.8 Å². The lowest BCUT2D eigenvalue weighted by Crippen LogP contribution is -2.44. The Balaban J connectivity index is 0.000000203. The van der Waals surface area contributed by atoms with Gasteiger partial charge < -0.3 is 20.4 Å². The summed E-state index contributed by atoms with van der Waals surface area (Å²) in [6.45, 7) is 4.46. The molecular formula is C27H41N5. The number of fused-ring (bicyclic) bond motifs is 2. The lowest BCUT2D eigenvalue weighted by molar-refractivity contribution is 0.252. The summed E-state index contributed by atoms with van der Waals surface area (Å²) in [5.41, 5.74) is 7.28. The van der Waals surface area contributed by atoms with Crippen LogP contribution in [0, 0.1) is 0 Å². The van der Waals surface area contributed by atoms with Gasteiger partial charge in [-0.15, -0.1) is 0 Å². The first kappa shape index (κ1) is 23.2. The summed E-state index contributed by atoms with van der Waals surface area (Å²) < 4.78 is 0. The van der Waals surface area contributed by atoms with Crippen LogP contribution in [0.5, 0.6) is 0 Å². The van der Waals surface area contributed by atoms with Gasteiger partial charge in [-0.1, -0.05) is 18.2 Å². The number of aromatic nitrogens is 1. The van der Waals surface area contributed by atoms with E-state index in [1.165, 1.54) is 74.1 Å². The fourth-order valence-electron chi connectivity index (χ4n) is 5.43. The van der Waals surface area contributed by atoms with E-state index in [0.717, 1.165) is 19.5 Å². The van der Waals surface area contributed by atoms with Gasteiger partial charge in [0.1, 0.15) is 0 Å². The molecule has 32 heavy (non-hydrogen) atoms. The summed E-state index contributed by atoms with van der Waals surface area (Å²) in [7, 11) is 6.56. The van der Waals surface area contributed by atoms with E-state index in [1.807, 2.05) is 19.3 Å². The largest absolute Gasteiger partial charge is 0.371 e. The Hall–Kier alpha value is -1.95. The highest BCUT2D eigenvalue weighted by Gasteiger charge is 2.25. The third-order valence-corrected chi connectivity index (χ3v) is 7.44. The molecule has 0 bridgehead atoms. The van der Waals surface area contributed by atoms with Crippen LogP contribution in [0.25, 0.3) is 0 Å². The van der Waals surface area contributed by atoms with E-state index < -0.39 is 0 Å². The number of nitrogens with zero attached hydrogens (tertiary/aromatic N) is 3. The second kappa shape index (κ2) is 11.3. The Morgan fingerprint density at radius 2 is 1.88 bits per heavy atom. The number of piperidine rings is 1. The number of likely N-dealkylation sites (N-methyl/N-ethyl adjacent to an activating group) is 1. The molecule has 0 saturated carbocycles. The molecule has 5 heteroatoms. The minimum atomic E-state index is 0.546. The third kappa shape index (κ3) is 5.69. The number of hydrogen-bond donors (Lipinski definition) is 2. The molecule has 0 spiro atoms. The zero-order chi connectivity index (χ0) is 22.3. The van der Waals surface area contributed by atoms with Gasteiger partial charge in [-0.3, -0.25) is 4.98 Å². The fraction of sp³-hybridized carbons (Fsp3) is 0.593. The van der Waals surface area contributed by atoms with Crippen molar-refractivity contribution in [1.29, 1.82) is 0 Å². The number of likely N-dealkylation sites (tertiary alicyclic amines) is 1. The van der Waals surface area contributed by atoms with Crippen molar-refractivity contribution in [3.63, 3.8) is 0 Å². The summed E-state index contributed by atoms with van der Waals surface area (Å²) in [5.74, 6) is 0. The zero-order valence-electron chi connectivity index (χ0n) is 20.2. The van der Waals surface area contributed by atoms with E-state index in [9.17, 15) is 0 Å². The third-order valence-electron chi connectivity index (χ3n) is 7.44. The molecule has 0 amide bonds. The van der Waals surface area contributed by atoms with Gasteiger partial charge in [-0.2, -0.15) is 0 Å². The number of hydrogen-bond acceptors (Lipinski definition) is 5. The highest BCUT2D eigenvalue weighted by molar-refractivity contribution is 5.58. The summed E-state index contributed by atoms with van der Waals surface area (Å²) in [4.78, 5) is 9.31. The first-order valence-corrected chi connectivity index (χ1v) is 12.5. The number of pyridine rings is 1. The van der Waals surface area contributed by atoms with Crippen molar-refractivity contribution in [2.45, 2.75) is 63.6 Å². The van der Waals surface area contributed by atoms with Crippen LogP contribution in [0.2, 0.25) is 0 Å². The van der Waals surface area contributed by atoms with Gasteiger partial charge in [-0.05, 0) is 101 Å². The van der Waals surface area contributed by atoms with E-state index in [0.29, 0.717) is 12.1 Å². The van der Waals surface area contributed by atoms with Crippen LogP contribution in [0.3, 0.4) is 0 Å². The van der Waals surface area contributed by atoms with Gasteiger partial charge in [0.05, 0.1) is 0 Å². The second-order valence-electron chi connectivity index (χ2n) is 9.72. The molecule has 1 atom stereocenters. The van der Waals surface area contributed by atoms with Crippen LogP contribution in [-0.4, -0.2) is 62.7 Å². The molecule has 1 fully saturated rings. The van der Waals surface area contributed by atoms with Crippen LogP contribution in [0.15, 0.2) is 36.5 Å². The molecule has 2 N–H and O–H groups in total. The minimum Gasteiger partial charge on any atom is -0.371 e. The Morgan fingerprint density at radius 1 is 1.09 bits per heavy atom. The molecule has 5 rings (SSSR count). The zero-order valence-corrected chi connectivity index (χ0v) is 20.2. The molecule has 5 nitrogen and oxygen atoms in total. The highest BCUT2D eigenvalue weighted by Crippen LogP contribution is 2.30. The first-order chi connectivity index (χ1) is 15.7. The SMILES string of the molecule is CNCC1Cc2c(cccc2N(C)C2CCN(C)CC2)CN1.c1cnc2c(c1)CCCC2. The van der Waals surface area contributed by atoms with Crippen molar-refractivity contribution in [1.82, 2.24) is 20.5 Å². The van der Waals surface area contributed by atoms with Crippen LogP contribution in [0.1, 0.15) is 48.1 Å². The predicted molar refractivity (Wildman–Crippen MR) is 135 cm³/mol. The second-order valence-corrected chi connectivity index (χ2v) is 9.72. The van der Waals surface area contributed by atoms with Crippen LogP contribution in [0.4, 0.5) is 5.69 Å². The van der Waals surface area contributed by atoms with Crippen molar-refractivity contribution in [3.05, 3.63) is 58.9 Å². The van der Waals surface area contributed by atoms with Crippen molar-refractivity contribution in [3.8, 4) is 0 Å². The standard InChI is InChI=1S/C18H30N4.C9H11N/c1-19-13-15-11-17-14(12-20-15)5-4-6-18(17)22(3)16-7-9-21(2)10-8-16;1-2-6-9-8(4-1)5-3-7-10-9/h4-6,15-16,19-20H,7-13H2,1-3H3;3,5,7H,1-2,4,6H2.